The molecule has 0 aliphatic heterocycles. The molecule has 0 aliphatic carbocycles. The van der Waals surface area contributed by atoms with Gasteiger partial charge in [0.25, 0.3) is 0 Å². The van der Waals surface area contributed by atoms with Gasteiger partial charge in [-0.1, -0.05) is 13.8 Å². The summed E-state index contributed by atoms with van der Waals surface area (Å²) in [7, 11) is -3.15. The molecule has 1 rings (SSSR count). The van der Waals surface area contributed by atoms with Crippen LogP contribution in [0.5, 0.6) is 0 Å². The molecule has 20 heavy (non-hydrogen) atoms. The Morgan fingerprint density at radius 3 is 2.40 bits per heavy atom. The molecule has 1 aromatic rings. The zero-order valence-electron chi connectivity index (χ0n) is 11.0. The lowest BCUT2D eigenvalue weighted by Crippen LogP contribution is -2.25. The molecule has 0 amide bonds. The van der Waals surface area contributed by atoms with Gasteiger partial charge in [0.15, 0.2) is 5.82 Å². The average molecular weight is 307 g/mol. The summed E-state index contributed by atoms with van der Waals surface area (Å²) in [6.07, 6.45) is 0.461. The van der Waals surface area contributed by atoms with Gasteiger partial charge in [-0.15, -0.1) is 0 Å². The van der Waals surface area contributed by atoms with Crippen molar-refractivity contribution in [1.82, 2.24) is 0 Å². The largest absolute Gasteiger partial charge is 0.477 e. The first-order chi connectivity index (χ1) is 9.25. The van der Waals surface area contributed by atoms with Crippen LogP contribution in [0.2, 0.25) is 0 Å². The summed E-state index contributed by atoms with van der Waals surface area (Å²) in [5.41, 5.74) is -1.62. The lowest BCUT2D eigenvalue weighted by atomic mass is 10.1. The minimum atomic E-state index is -3.15. The molecule has 8 heteroatoms. The number of halogens is 2. The number of aromatic carboxylic acids is 1. The van der Waals surface area contributed by atoms with E-state index in [0.717, 1.165) is 16.4 Å². The standard InChI is InChI=1S/C12H15F2NO4S/c1-7(2)5-6-15(20(18)19)9-4-3-8(13)10(11(9)14)12(16)17/h3-4,7,20H,5-6H2,1-2H3,(H,16,17). The first-order valence-corrected chi connectivity index (χ1v) is 7.01. The molecule has 0 saturated heterocycles. The number of benzene rings is 1. The Kier molecular flexibility index (Phi) is 5.43. The maximum absolute atomic E-state index is 14.0. The number of hydrogen-bond acceptors (Lipinski definition) is 3. The van der Waals surface area contributed by atoms with Crippen LogP contribution < -0.4 is 4.31 Å². The van der Waals surface area contributed by atoms with Gasteiger partial charge in [0.05, 0.1) is 5.69 Å². The molecule has 0 atom stereocenters. The number of nitrogens with zero attached hydrogens (tertiary/aromatic N) is 1. The molecule has 0 spiro atoms. The van der Waals surface area contributed by atoms with Crippen LogP contribution in [-0.4, -0.2) is 26.0 Å². The number of carboxylic acid groups (broad SMARTS) is 1. The Hall–Kier alpha value is -1.70. The molecule has 112 valence electrons. The molecule has 0 unspecified atom stereocenters. The first-order valence-electron chi connectivity index (χ1n) is 5.88. The van der Waals surface area contributed by atoms with Gasteiger partial charge in [0, 0.05) is 6.54 Å². The third-order valence-electron chi connectivity index (χ3n) is 2.68. The van der Waals surface area contributed by atoms with E-state index in [1.54, 1.807) is 0 Å². The molecule has 1 aromatic carbocycles. The molecule has 0 saturated carbocycles. The second-order valence-corrected chi connectivity index (χ2v) is 5.56. The minimum Gasteiger partial charge on any atom is -0.477 e. The maximum Gasteiger partial charge on any atom is 0.341 e. The van der Waals surface area contributed by atoms with E-state index in [9.17, 15) is 22.0 Å². The van der Waals surface area contributed by atoms with Gasteiger partial charge in [-0.2, -0.15) is 0 Å². The second kappa shape index (κ2) is 6.65. The Bertz CT molecular complexity index is 579. The third-order valence-corrected chi connectivity index (χ3v) is 3.49. The molecule has 0 fully saturated rings. The topological polar surface area (TPSA) is 74.7 Å². The fourth-order valence-corrected chi connectivity index (χ4v) is 2.22. The molecule has 0 radical (unpaired) electrons. The molecule has 1 N–H and O–H groups in total. The van der Waals surface area contributed by atoms with E-state index in [1.165, 1.54) is 0 Å². The summed E-state index contributed by atoms with van der Waals surface area (Å²) < 4.78 is 50.3. The monoisotopic (exact) mass is 307 g/mol. The summed E-state index contributed by atoms with van der Waals surface area (Å²) in [6.45, 7) is 3.72. The van der Waals surface area contributed by atoms with Gasteiger partial charge in [0.2, 0.25) is 10.9 Å². The van der Waals surface area contributed by atoms with Gasteiger partial charge in [-0.3, -0.25) is 4.31 Å². The number of anilines is 1. The fourth-order valence-electron chi connectivity index (χ4n) is 1.61. The van der Waals surface area contributed by atoms with Gasteiger partial charge < -0.3 is 5.11 Å². The average Bonchev–Trinajstić information content (AvgIpc) is 2.30. The van der Waals surface area contributed by atoms with Crippen LogP contribution >= 0.6 is 0 Å². The molecule has 0 aromatic heterocycles. The van der Waals surface area contributed by atoms with Crippen LogP contribution in [0.3, 0.4) is 0 Å². The van der Waals surface area contributed by atoms with Crippen molar-refractivity contribution in [3.05, 3.63) is 29.3 Å². The van der Waals surface area contributed by atoms with E-state index in [4.69, 9.17) is 5.11 Å². The summed E-state index contributed by atoms with van der Waals surface area (Å²) >= 11 is 0. The SMILES string of the molecule is CC(C)CCN(c1ccc(F)c(C(=O)O)c1F)[SH](=O)=O. The minimum absolute atomic E-state index is 0.00200. The lowest BCUT2D eigenvalue weighted by Gasteiger charge is -2.20. The van der Waals surface area contributed by atoms with Crippen LogP contribution in [-0.2, 0) is 10.9 Å². The molecule has 0 bridgehead atoms. The van der Waals surface area contributed by atoms with E-state index in [0.29, 0.717) is 6.42 Å². The third kappa shape index (κ3) is 3.66. The maximum atomic E-state index is 14.0. The summed E-state index contributed by atoms with van der Waals surface area (Å²) in [4.78, 5) is 10.8. The highest BCUT2D eigenvalue weighted by atomic mass is 32.2. The van der Waals surface area contributed by atoms with Crippen molar-refractivity contribution in [3.8, 4) is 0 Å². The van der Waals surface area contributed by atoms with E-state index >= 15 is 0 Å². The number of hydrogen-bond donors (Lipinski definition) is 2. The summed E-state index contributed by atoms with van der Waals surface area (Å²) in [5, 5.41) is 8.76. The molecular weight excluding hydrogens is 292 g/mol. The Balaban J connectivity index is 3.28. The highest BCUT2D eigenvalue weighted by Crippen LogP contribution is 2.25. The number of thiol groups is 1. The van der Waals surface area contributed by atoms with Gasteiger partial charge in [-0.05, 0) is 24.5 Å². The first kappa shape index (κ1) is 16.4. The predicted octanol–water partition coefficient (Wildman–Crippen LogP) is 2.04. The summed E-state index contributed by atoms with van der Waals surface area (Å²) in [6, 6.07) is 1.66. The van der Waals surface area contributed by atoms with E-state index in [-0.39, 0.29) is 12.5 Å². The lowest BCUT2D eigenvalue weighted by molar-refractivity contribution is 0.0686. The fraction of sp³-hybridized carbons (Fsp3) is 0.417. The van der Waals surface area contributed by atoms with Crippen LogP contribution in [0.4, 0.5) is 14.5 Å². The Morgan fingerprint density at radius 1 is 1.35 bits per heavy atom. The van der Waals surface area contributed by atoms with Crippen molar-refractivity contribution >= 4 is 22.5 Å². The molecule has 0 heterocycles. The smallest absolute Gasteiger partial charge is 0.341 e. The number of carbonyl (C=O) groups is 1. The Labute approximate surface area is 116 Å². The van der Waals surface area contributed by atoms with Crippen LogP contribution in [0, 0.1) is 17.6 Å². The van der Waals surface area contributed by atoms with Crippen molar-refractivity contribution in [2.24, 2.45) is 5.92 Å². The molecule has 0 aliphatic rings. The van der Waals surface area contributed by atoms with Crippen LogP contribution in [0.15, 0.2) is 12.1 Å². The predicted molar refractivity (Wildman–Crippen MR) is 70.4 cm³/mol. The molecular formula is C12H15F2NO4S. The quantitative estimate of drug-likeness (QED) is 0.789. The zero-order valence-corrected chi connectivity index (χ0v) is 11.9. The van der Waals surface area contributed by atoms with Gasteiger partial charge in [-0.25, -0.2) is 22.0 Å². The van der Waals surface area contributed by atoms with Gasteiger partial charge in [0.1, 0.15) is 11.4 Å². The van der Waals surface area contributed by atoms with Crippen LogP contribution in [0.25, 0.3) is 0 Å². The summed E-state index contributed by atoms with van der Waals surface area (Å²) in [5.74, 6) is -4.24. The van der Waals surface area contributed by atoms with Crippen molar-refractivity contribution in [2.75, 3.05) is 10.8 Å². The van der Waals surface area contributed by atoms with Crippen molar-refractivity contribution in [1.29, 1.82) is 0 Å². The molecule has 5 nitrogen and oxygen atoms in total. The Morgan fingerprint density at radius 2 is 1.95 bits per heavy atom. The highest BCUT2D eigenvalue weighted by molar-refractivity contribution is 7.74. The van der Waals surface area contributed by atoms with E-state index in [1.807, 2.05) is 13.8 Å². The second-order valence-electron chi connectivity index (χ2n) is 4.60. The normalized spacial score (nSPS) is 11.1. The number of rotatable bonds is 6. The van der Waals surface area contributed by atoms with Crippen molar-refractivity contribution in [3.63, 3.8) is 0 Å². The zero-order chi connectivity index (χ0) is 15.4. The van der Waals surface area contributed by atoms with E-state index in [2.05, 4.69) is 0 Å². The van der Waals surface area contributed by atoms with Gasteiger partial charge >= 0.3 is 5.97 Å². The van der Waals surface area contributed by atoms with Crippen molar-refractivity contribution < 1.29 is 27.1 Å². The van der Waals surface area contributed by atoms with E-state index < -0.39 is 39.7 Å². The number of carboxylic acids is 1. The van der Waals surface area contributed by atoms with Crippen molar-refractivity contribution in [2.45, 2.75) is 20.3 Å². The highest BCUT2D eigenvalue weighted by Gasteiger charge is 2.23. The van der Waals surface area contributed by atoms with Crippen LogP contribution in [0.1, 0.15) is 30.6 Å².